The van der Waals surface area contributed by atoms with Gasteiger partial charge in [-0.2, -0.15) is 5.26 Å². The third-order valence-electron chi connectivity index (χ3n) is 2.28. The number of aliphatic hydroxyl groups is 1. The number of hydrogen-bond donors (Lipinski definition) is 3. The lowest BCUT2D eigenvalue weighted by Crippen LogP contribution is -2.25. The first-order valence-electron chi connectivity index (χ1n) is 5.12. The van der Waals surface area contributed by atoms with Gasteiger partial charge in [-0.25, -0.2) is 4.98 Å². The maximum Gasteiger partial charge on any atom is 0.144 e. The van der Waals surface area contributed by atoms with Crippen LogP contribution in [0, 0.1) is 17.2 Å². The van der Waals surface area contributed by atoms with Crippen molar-refractivity contribution in [1.82, 2.24) is 4.98 Å². The fraction of sp³-hybridized carbons (Fsp3) is 0.455. The smallest absolute Gasteiger partial charge is 0.144 e. The van der Waals surface area contributed by atoms with Gasteiger partial charge in [-0.05, 0) is 12.0 Å². The summed E-state index contributed by atoms with van der Waals surface area (Å²) in [4.78, 5) is 4.01. The molecule has 1 aromatic heterocycles. The molecule has 1 atom stereocenters. The second-order valence-corrected chi connectivity index (χ2v) is 3.97. The summed E-state index contributed by atoms with van der Waals surface area (Å²) in [5.41, 5.74) is 6.35. The van der Waals surface area contributed by atoms with E-state index in [1.165, 1.54) is 6.20 Å². The van der Waals surface area contributed by atoms with Gasteiger partial charge in [0.15, 0.2) is 0 Å². The highest BCUT2D eigenvalue weighted by molar-refractivity contribution is 5.57. The van der Waals surface area contributed by atoms with Crippen LogP contribution in [0.15, 0.2) is 12.3 Å². The van der Waals surface area contributed by atoms with Crippen LogP contribution in [0.3, 0.4) is 0 Å². The SMILES string of the molecule is CC(C)C(O)CNc1ncc(N)cc1C#N. The lowest BCUT2D eigenvalue weighted by Gasteiger charge is -2.15. The van der Waals surface area contributed by atoms with Gasteiger partial charge in [0, 0.05) is 6.54 Å². The van der Waals surface area contributed by atoms with Crippen molar-refractivity contribution in [3.8, 4) is 6.07 Å². The minimum atomic E-state index is -0.467. The van der Waals surface area contributed by atoms with E-state index in [0.717, 1.165) is 0 Å². The highest BCUT2D eigenvalue weighted by Gasteiger charge is 2.10. The fourth-order valence-corrected chi connectivity index (χ4v) is 1.14. The molecule has 0 aliphatic rings. The number of nitrogens with two attached hydrogens (primary N) is 1. The first-order valence-corrected chi connectivity index (χ1v) is 5.12. The van der Waals surface area contributed by atoms with Gasteiger partial charge in [-0.1, -0.05) is 13.8 Å². The Balaban J connectivity index is 2.71. The van der Waals surface area contributed by atoms with Crippen molar-refractivity contribution in [2.24, 2.45) is 5.92 Å². The molecule has 5 heteroatoms. The number of nitrogen functional groups attached to an aromatic ring is 1. The summed E-state index contributed by atoms with van der Waals surface area (Å²) in [5, 5.41) is 21.4. The number of hydrogen-bond acceptors (Lipinski definition) is 5. The molecule has 0 aromatic carbocycles. The normalized spacial score (nSPS) is 12.2. The van der Waals surface area contributed by atoms with Gasteiger partial charge in [-0.15, -0.1) is 0 Å². The lowest BCUT2D eigenvalue weighted by molar-refractivity contribution is 0.138. The molecule has 5 nitrogen and oxygen atoms in total. The van der Waals surface area contributed by atoms with Crippen LogP contribution in [-0.2, 0) is 0 Å². The highest BCUT2D eigenvalue weighted by atomic mass is 16.3. The van der Waals surface area contributed by atoms with E-state index in [-0.39, 0.29) is 5.92 Å². The molecule has 1 rings (SSSR count). The van der Waals surface area contributed by atoms with Crippen LogP contribution in [0.5, 0.6) is 0 Å². The molecule has 86 valence electrons. The van der Waals surface area contributed by atoms with E-state index >= 15 is 0 Å². The van der Waals surface area contributed by atoms with Gasteiger partial charge in [0.25, 0.3) is 0 Å². The molecule has 0 aliphatic carbocycles. The summed E-state index contributed by atoms with van der Waals surface area (Å²) in [5.74, 6) is 0.614. The second-order valence-electron chi connectivity index (χ2n) is 3.97. The number of nitrogens with one attached hydrogen (secondary N) is 1. The van der Waals surface area contributed by atoms with Crippen LogP contribution >= 0.6 is 0 Å². The van der Waals surface area contributed by atoms with Crippen LogP contribution in [0.4, 0.5) is 11.5 Å². The Morgan fingerprint density at radius 3 is 2.88 bits per heavy atom. The Bertz CT molecular complexity index is 397. The average molecular weight is 220 g/mol. The molecule has 0 saturated heterocycles. The number of rotatable bonds is 4. The zero-order chi connectivity index (χ0) is 12.1. The van der Waals surface area contributed by atoms with Crippen molar-refractivity contribution >= 4 is 11.5 Å². The van der Waals surface area contributed by atoms with Crippen molar-refractivity contribution in [2.45, 2.75) is 20.0 Å². The van der Waals surface area contributed by atoms with Gasteiger partial charge < -0.3 is 16.2 Å². The predicted octanol–water partition coefficient (Wildman–Crippen LogP) is 0.964. The number of anilines is 2. The topological polar surface area (TPSA) is 95.0 Å². The highest BCUT2D eigenvalue weighted by Crippen LogP contribution is 2.14. The molecule has 4 N–H and O–H groups in total. The summed E-state index contributed by atoms with van der Waals surface area (Å²) in [6.45, 7) is 4.21. The summed E-state index contributed by atoms with van der Waals surface area (Å²) < 4.78 is 0. The van der Waals surface area contributed by atoms with E-state index in [0.29, 0.717) is 23.6 Å². The fourth-order valence-electron chi connectivity index (χ4n) is 1.14. The minimum absolute atomic E-state index is 0.159. The zero-order valence-electron chi connectivity index (χ0n) is 9.44. The Kier molecular flexibility index (Phi) is 4.09. The van der Waals surface area contributed by atoms with E-state index in [4.69, 9.17) is 11.0 Å². The number of aromatic nitrogens is 1. The van der Waals surface area contributed by atoms with Crippen LogP contribution in [-0.4, -0.2) is 22.7 Å². The molecule has 1 heterocycles. The number of nitriles is 1. The van der Waals surface area contributed by atoms with Gasteiger partial charge in [0.1, 0.15) is 11.9 Å². The molecule has 0 bridgehead atoms. The molecule has 0 radical (unpaired) electrons. The number of nitrogens with zero attached hydrogens (tertiary/aromatic N) is 2. The van der Waals surface area contributed by atoms with E-state index in [1.54, 1.807) is 6.07 Å². The van der Waals surface area contributed by atoms with Crippen LogP contribution in [0.25, 0.3) is 0 Å². The van der Waals surface area contributed by atoms with Crippen molar-refractivity contribution < 1.29 is 5.11 Å². The Labute approximate surface area is 94.9 Å². The van der Waals surface area contributed by atoms with Crippen molar-refractivity contribution in [3.63, 3.8) is 0 Å². The van der Waals surface area contributed by atoms with E-state index in [1.807, 2.05) is 19.9 Å². The standard InChI is InChI=1S/C11H16N4O/c1-7(2)10(16)6-15-11-8(4-12)3-9(13)5-14-11/h3,5,7,10,16H,6,13H2,1-2H3,(H,14,15). The van der Waals surface area contributed by atoms with Crippen molar-refractivity contribution in [1.29, 1.82) is 5.26 Å². The summed E-state index contributed by atoms with van der Waals surface area (Å²) >= 11 is 0. The molecule has 1 unspecified atom stereocenters. The van der Waals surface area contributed by atoms with Gasteiger partial charge in [-0.3, -0.25) is 0 Å². The second kappa shape index (κ2) is 5.33. The van der Waals surface area contributed by atoms with E-state index in [9.17, 15) is 5.11 Å². The maximum atomic E-state index is 9.61. The number of pyridine rings is 1. The largest absolute Gasteiger partial charge is 0.397 e. The molecule has 0 saturated carbocycles. The molecular weight excluding hydrogens is 204 g/mol. The van der Waals surface area contributed by atoms with Crippen molar-refractivity contribution in [3.05, 3.63) is 17.8 Å². The number of aliphatic hydroxyl groups excluding tert-OH is 1. The van der Waals surface area contributed by atoms with Gasteiger partial charge in [0.05, 0.1) is 23.6 Å². The maximum absolute atomic E-state index is 9.61. The molecule has 0 fully saturated rings. The Hall–Kier alpha value is -1.80. The molecule has 0 spiro atoms. The van der Waals surface area contributed by atoms with Crippen molar-refractivity contribution in [2.75, 3.05) is 17.6 Å². The van der Waals surface area contributed by atoms with Crippen LogP contribution in [0.1, 0.15) is 19.4 Å². The molecular formula is C11H16N4O. The van der Waals surface area contributed by atoms with E-state index < -0.39 is 6.10 Å². The quantitative estimate of drug-likeness (QED) is 0.702. The predicted molar refractivity (Wildman–Crippen MR) is 62.7 cm³/mol. The third-order valence-corrected chi connectivity index (χ3v) is 2.28. The molecule has 1 aromatic rings. The molecule has 16 heavy (non-hydrogen) atoms. The summed E-state index contributed by atoms with van der Waals surface area (Å²) in [6, 6.07) is 3.56. The molecule has 0 amide bonds. The summed E-state index contributed by atoms with van der Waals surface area (Å²) in [7, 11) is 0. The van der Waals surface area contributed by atoms with E-state index in [2.05, 4.69) is 10.3 Å². The Morgan fingerprint density at radius 1 is 1.62 bits per heavy atom. The Morgan fingerprint density at radius 2 is 2.31 bits per heavy atom. The average Bonchev–Trinajstić information content (AvgIpc) is 2.26. The third kappa shape index (κ3) is 3.11. The zero-order valence-corrected chi connectivity index (χ0v) is 9.44. The van der Waals surface area contributed by atoms with Crippen LogP contribution < -0.4 is 11.1 Å². The van der Waals surface area contributed by atoms with Crippen LogP contribution in [0.2, 0.25) is 0 Å². The molecule has 0 aliphatic heterocycles. The first kappa shape index (κ1) is 12.3. The minimum Gasteiger partial charge on any atom is -0.397 e. The monoisotopic (exact) mass is 220 g/mol. The first-order chi connectivity index (χ1) is 7.54. The summed E-state index contributed by atoms with van der Waals surface area (Å²) in [6.07, 6.45) is 1.01. The van der Waals surface area contributed by atoms with Gasteiger partial charge >= 0.3 is 0 Å². The lowest BCUT2D eigenvalue weighted by atomic mass is 10.1. The van der Waals surface area contributed by atoms with Gasteiger partial charge in [0.2, 0.25) is 0 Å².